The van der Waals surface area contributed by atoms with Crippen molar-refractivity contribution in [2.45, 2.75) is 59.5 Å². The highest BCUT2D eigenvalue weighted by Crippen LogP contribution is 2.38. The van der Waals surface area contributed by atoms with E-state index in [0.717, 1.165) is 13.1 Å². The molecule has 0 amide bonds. The zero-order chi connectivity index (χ0) is 14.6. The van der Waals surface area contributed by atoms with E-state index in [2.05, 4.69) is 37.1 Å². The minimum atomic E-state index is 0.636. The number of piperidine rings is 1. The average molecular weight is 295 g/mol. The first-order chi connectivity index (χ1) is 9.62. The van der Waals surface area contributed by atoms with Crippen molar-refractivity contribution in [3.63, 3.8) is 0 Å². The Bertz CT molecular complexity index is 411. The van der Waals surface area contributed by atoms with Crippen LogP contribution in [0.1, 0.15) is 54.8 Å². The highest BCUT2D eigenvalue weighted by molar-refractivity contribution is 7.12. The van der Waals surface area contributed by atoms with E-state index in [1.807, 2.05) is 18.4 Å². The molecule has 2 nitrogen and oxygen atoms in total. The number of rotatable bonds is 6. The van der Waals surface area contributed by atoms with Crippen molar-refractivity contribution in [2.24, 2.45) is 5.41 Å². The Hall–Kier alpha value is -0.380. The van der Waals surface area contributed by atoms with Gasteiger partial charge in [-0.3, -0.25) is 4.90 Å². The third kappa shape index (κ3) is 3.63. The van der Waals surface area contributed by atoms with Crippen LogP contribution in [0.15, 0.2) is 6.07 Å². The number of hydrogen-bond acceptors (Lipinski definition) is 3. The van der Waals surface area contributed by atoms with E-state index in [-0.39, 0.29) is 0 Å². The molecule has 0 aliphatic carbocycles. The molecule has 0 radical (unpaired) electrons. The van der Waals surface area contributed by atoms with Gasteiger partial charge >= 0.3 is 0 Å². The fourth-order valence-corrected chi connectivity index (χ4v) is 4.45. The van der Waals surface area contributed by atoms with Crippen molar-refractivity contribution in [3.8, 4) is 0 Å². The van der Waals surface area contributed by atoms with Gasteiger partial charge in [0.2, 0.25) is 0 Å². The Labute approximate surface area is 128 Å². The molecule has 0 atom stereocenters. The van der Waals surface area contributed by atoms with Crippen LogP contribution in [-0.4, -0.2) is 25.0 Å². The molecule has 1 saturated heterocycles. The third-order valence-electron chi connectivity index (χ3n) is 5.23. The largest absolute Gasteiger partial charge is 0.315 e. The number of nitrogens with zero attached hydrogens (tertiary/aromatic N) is 1. The molecule has 1 N–H and O–H groups in total. The fraction of sp³-hybridized carbons (Fsp3) is 0.765. The molecule has 1 aliphatic heterocycles. The first-order valence-electron chi connectivity index (χ1n) is 8.07. The van der Waals surface area contributed by atoms with Crippen LogP contribution in [0, 0.1) is 12.3 Å². The maximum absolute atomic E-state index is 3.25. The predicted molar refractivity (Wildman–Crippen MR) is 89.3 cm³/mol. The quantitative estimate of drug-likeness (QED) is 0.847. The number of aryl methyl sites for hydroxylation is 1. The summed E-state index contributed by atoms with van der Waals surface area (Å²) in [7, 11) is 2.02. The molecule has 1 fully saturated rings. The number of nitrogens with one attached hydrogen (secondary N) is 1. The first-order valence-corrected chi connectivity index (χ1v) is 8.89. The van der Waals surface area contributed by atoms with Gasteiger partial charge in [0.1, 0.15) is 0 Å². The summed E-state index contributed by atoms with van der Waals surface area (Å²) in [5.74, 6) is 0. The second-order valence-electron chi connectivity index (χ2n) is 6.31. The van der Waals surface area contributed by atoms with E-state index in [4.69, 9.17) is 0 Å². The van der Waals surface area contributed by atoms with Crippen molar-refractivity contribution < 1.29 is 0 Å². The summed E-state index contributed by atoms with van der Waals surface area (Å²) in [5.41, 5.74) is 2.18. The van der Waals surface area contributed by atoms with Gasteiger partial charge in [-0.15, -0.1) is 11.3 Å². The van der Waals surface area contributed by atoms with Crippen molar-refractivity contribution in [3.05, 3.63) is 21.4 Å². The molecule has 0 spiro atoms. The number of hydrogen-bond donors (Lipinski definition) is 1. The molecule has 0 bridgehead atoms. The molecule has 0 aromatic carbocycles. The zero-order valence-electron chi connectivity index (χ0n) is 13.6. The first kappa shape index (κ1) is 16.0. The van der Waals surface area contributed by atoms with Crippen molar-refractivity contribution >= 4 is 11.3 Å². The molecule has 1 aliphatic rings. The summed E-state index contributed by atoms with van der Waals surface area (Å²) in [5, 5.41) is 3.25. The Morgan fingerprint density at radius 3 is 2.45 bits per heavy atom. The molecule has 1 aromatic rings. The Morgan fingerprint density at radius 1 is 1.25 bits per heavy atom. The molecular formula is C17H30N2S. The summed E-state index contributed by atoms with van der Waals surface area (Å²) in [6.07, 6.45) is 5.46. The lowest BCUT2D eigenvalue weighted by atomic mass is 9.74. The van der Waals surface area contributed by atoms with E-state index >= 15 is 0 Å². The third-order valence-corrected chi connectivity index (χ3v) is 6.33. The van der Waals surface area contributed by atoms with Crippen LogP contribution in [0.5, 0.6) is 0 Å². The van der Waals surface area contributed by atoms with E-state index in [0.29, 0.717) is 5.41 Å². The van der Waals surface area contributed by atoms with E-state index in [1.54, 1.807) is 5.56 Å². The highest BCUT2D eigenvalue weighted by Gasteiger charge is 2.31. The van der Waals surface area contributed by atoms with Crippen molar-refractivity contribution in [2.75, 3.05) is 20.1 Å². The number of likely N-dealkylation sites (tertiary alicyclic amines) is 1. The zero-order valence-corrected chi connectivity index (χ0v) is 14.4. The Morgan fingerprint density at radius 2 is 1.90 bits per heavy atom. The fourth-order valence-electron chi connectivity index (χ4n) is 3.39. The summed E-state index contributed by atoms with van der Waals surface area (Å²) >= 11 is 1.95. The predicted octanol–water partition coefficient (Wildman–Crippen LogP) is 4.18. The monoisotopic (exact) mass is 294 g/mol. The standard InChI is InChI=1S/C17H30N2S/c1-5-17(6-2)7-9-19(10-8-17)13-15-11-16(12-18-4)20-14(15)3/h11,18H,5-10,12-13H2,1-4H3. The lowest BCUT2D eigenvalue weighted by Gasteiger charge is -2.41. The minimum absolute atomic E-state index is 0.636. The molecule has 3 heteroatoms. The van der Waals surface area contributed by atoms with Crippen LogP contribution in [0.25, 0.3) is 0 Å². The maximum atomic E-state index is 3.25. The van der Waals surface area contributed by atoms with Gasteiger partial charge in [-0.1, -0.05) is 26.7 Å². The topological polar surface area (TPSA) is 15.3 Å². The van der Waals surface area contributed by atoms with Crippen LogP contribution in [0.2, 0.25) is 0 Å². The molecule has 2 heterocycles. The molecular weight excluding hydrogens is 264 g/mol. The van der Waals surface area contributed by atoms with Crippen molar-refractivity contribution in [1.82, 2.24) is 10.2 Å². The number of thiophene rings is 1. The minimum Gasteiger partial charge on any atom is -0.315 e. The maximum Gasteiger partial charge on any atom is 0.0296 e. The van der Waals surface area contributed by atoms with Gasteiger partial charge in [0.25, 0.3) is 0 Å². The molecule has 0 unspecified atom stereocenters. The average Bonchev–Trinajstić information content (AvgIpc) is 2.80. The summed E-state index contributed by atoms with van der Waals surface area (Å²) in [6, 6.07) is 2.40. The lowest BCUT2D eigenvalue weighted by molar-refractivity contribution is 0.0908. The van der Waals surface area contributed by atoms with E-state index in [1.165, 1.54) is 48.5 Å². The Balaban J connectivity index is 1.92. The van der Waals surface area contributed by atoms with Gasteiger partial charge in [-0.2, -0.15) is 0 Å². The molecule has 20 heavy (non-hydrogen) atoms. The smallest absolute Gasteiger partial charge is 0.0296 e. The molecule has 1 aromatic heterocycles. The second kappa shape index (κ2) is 7.06. The van der Waals surface area contributed by atoms with Gasteiger partial charge < -0.3 is 5.32 Å². The summed E-state index contributed by atoms with van der Waals surface area (Å²) in [4.78, 5) is 5.62. The van der Waals surface area contributed by atoms with Gasteiger partial charge in [-0.25, -0.2) is 0 Å². The van der Waals surface area contributed by atoms with Gasteiger partial charge in [0.15, 0.2) is 0 Å². The summed E-state index contributed by atoms with van der Waals surface area (Å²) < 4.78 is 0. The molecule has 2 rings (SSSR count). The van der Waals surface area contributed by atoms with Gasteiger partial charge in [-0.05, 0) is 56.9 Å². The van der Waals surface area contributed by atoms with Crippen LogP contribution in [-0.2, 0) is 13.1 Å². The lowest BCUT2D eigenvalue weighted by Crippen LogP contribution is -2.39. The SMILES string of the molecule is CCC1(CC)CCN(Cc2cc(CNC)sc2C)CC1. The summed E-state index contributed by atoms with van der Waals surface area (Å²) in [6.45, 7) is 11.7. The Kier molecular flexibility index (Phi) is 5.65. The van der Waals surface area contributed by atoms with Crippen LogP contribution in [0.3, 0.4) is 0 Å². The molecule has 0 saturated carbocycles. The van der Waals surface area contributed by atoms with Crippen molar-refractivity contribution in [1.29, 1.82) is 0 Å². The van der Waals surface area contributed by atoms with E-state index < -0.39 is 0 Å². The molecule has 114 valence electrons. The van der Waals surface area contributed by atoms with Crippen LogP contribution < -0.4 is 5.32 Å². The van der Waals surface area contributed by atoms with Crippen LogP contribution in [0.4, 0.5) is 0 Å². The van der Waals surface area contributed by atoms with Gasteiger partial charge in [0.05, 0.1) is 0 Å². The van der Waals surface area contributed by atoms with E-state index in [9.17, 15) is 0 Å². The normalized spacial score (nSPS) is 19.4. The second-order valence-corrected chi connectivity index (χ2v) is 7.65. The van der Waals surface area contributed by atoms with Gasteiger partial charge in [0, 0.05) is 22.8 Å². The van der Waals surface area contributed by atoms with Crippen LogP contribution >= 0.6 is 11.3 Å². The highest BCUT2D eigenvalue weighted by atomic mass is 32.1.